The van der Waals surface area contributed by atoms with Gasteiger partial charge in [-0.2, -0.15) is 18.4 Å². The molecule has 0 atom stereocenters. The summed E-state index contributed by atoms with van der Waals surface area (Å²) in [4.78, 5) is 14.7. The van der Waals surface area contributed by atoms with Gasteiger partial charge in [-0.25, -0.2) is 0 Å². The van der Waals surface area contributed by atoms with E-state index >= 15 is 0 Å². The Kier molecular flexibility index (Phi) is 5.80. The second-order valence-electron chi connectivity index (χ2n) is 6.31. The van der Waals surface area contributed by atoms with E-state index < -0.39 is 17.3 Å². The van der Waals surface area contributed by atoms with Crippen LogP contribution in [0.3, 0.4) is 0 Å². The summed E-state index contributed by atoms with van der Waals surface area (Å²) in [6.45, 7) is 1.58. The number of hydrogen-bond donors (Lipinski definition) is 1. The van der Waals surface area contributed by atoms with E-state index in [1.807, 2.05) is 6.07 Å². The van der Waals surface area contributed by atoms with E-state index in [0.29, 0.717) is 32.6 Å². The van der Waals surface area contributed by atoms with Gasteiger partial charge >= 0.3 is 6.18 Å². The van der Waals surface area contributed by atoms with Gasteiger partial charge in [-0.15, -0.1) is 0 Å². The second kappa shape index (κ2) is 8.13. The monoisotopic (exact) mass is 462 g/mol. The molecule has 0 fully saturated rings. The molecule has 0 bridgehead atoms. The zero-order valence-electron chi connectivity index (χ0n) is 15.1. The minimum absolute atomic E-state index is 0.0716. The van der Waals surface area contributed by atoms with Gasteiger partial charge in [-0.05, 0) is 48.9 Å². The van der Waals surface area contributed by atoms with Crippen molar-refractivity contribution in [3.63, 3.8) is 0 Å². The molecule has 0 aliphatic rings. The molecule has 2 aromatic carbocycles. The van der Waals surface area contributed by atoms with Crippen molar-refractivity contribution in [3.8, 4) is 22.9 Å². The number of nitriles is 1. The Labute approximate surface area is 172 Å². The van der Waals surface area contributed by atoms with Crippen molar-refractivity contribution < 1.29 is 17.9 Å². The third kappa shape index (κ3) is 4.69. The normalized spacial score (nSPS) is 11.2. The number of aromatic nitrogens is 1. The molecule has 3 rings (SSSR count). The Morgan fingerprint density at radius 1 is 1.14 bits per heavy atom. The number of halogens is 4. The summed E-state index contributed by atoms with van der Waals surface area (Å²) >= 11 is 3.36. The van der Waals surface area contributed by atoms with Crippen molar-refractivity contribution in [1.29, 1.82) is 5.26 Å². The summed E-state index contributed by atoms with van der Waals surface area (Å²) in [6.07, 6.45) is -4.44. The number of nitrogens with zero attached hydrogens (tertiary/aromatic N) is 1. The molecular formula is C21H14BrF3N2O2. The third-order valence-corrected chi connectivity index (χ3v) is 4.65. The Morgan fingerprint density at radius 3 is 2.59 bits per heavy atom. The van der Waals surface area contributed by atoms with E-state index in [2.05, 4.69) is 20.9 Å². The fraction of sp³-hybridized carbons (Fsp3) is 0.143. The molecular weight excluding hydrogens is 449 g/mol. The highest BCUT2D eigenvalue weighted by atomic mass is 79.9. The zero-order valence-corrected chi connectivity index (χ0v) is 16.7. The maximum Gasteiger partial charge on any atom is 0.416 e. The molecule has 29 heavy (non-hydrogen) atoms. The first-order valence-corrected chi connectivity index (χ1v) is 9.21. The van der Waals surface area contributed by atoms with E-state index in [4.69, 9.17) is 4.74 Å². The van der Waals surface area contributed by atoms with Crippen LogP contribution in [0, 0.1) is 18.3 Å². The summed E-state index contributed by atoms with van der Waals surface area (Å²) in [5.41, 5.74) is 0.422. The first-order chi connectivity index (χ1) is 13.7. The van der Waals surface area contributed by atoms with E-state index in [0.717, 1.165) is 12.1 Å². The van der Waals surface area contributed by atoms with Gasteiger partial charge in [0.1, 0.15) is 24.0 Å². The molecule has 0 saturated heterocycles. The number of rotatable bonds is 4. The van der Waals surface area contributed by atoms with E-state index in [1.165, 1.54) is 12.1 Å². The van der Waals surface area contributed by atoms with Crippen LogP contribution in [0.2, 0.25) is 0 Å². The van der Waals surface area contributed by atoms with Crippen molar-refractivity contribution in [2.45, 2.75) is 19.7 Å². The number of nitrogens with one attached hydrogen (secondary N) is 1. The van der Waals surface area contributed by atoms with Crippen LogP contribution in [0.25, 0.3) is 11.1 Å². The lowest BCUT2D eigenvalue weighted by molar-refractivity contribution is -0.137. The van der Waals surface area contributed by atoms with Crippen LogP contribution in [0.15, 0.2) is 57.8 Å². The highest BCUT2D eigenvalue weighted by Crippen LogP contribution is 2.35. The number of ether oxygens (including phenoxy) is 1. The van der Waals surface area contributed by atoms with Crippen LogP contribution in [-0.4, -0.2) is 4.98 Å². The zero-order chi connectivity index (χ0) is 21.2. The molecule has 3 aromatic rings. The Bertz CT molecular complexity index is 1160. The number of alkyl halides is 3. The molecule has 1 heterocycles. The number of aromatic amines is 1. The van der Waals surface area contributed by atoms with Crippen LogP contribution in [-0.2, 0) is 12.8 Å². The molecule has 8 heteroatoms. The van der Waals surface area contributed by atoms with E-state index in [1.54, 1.807) is 31.2 Å². The minimum atomic E-state index is -4.44. The molecule has 0 saturated carbocycles. The average molecular weight is 463 g/mol. The molecule has 148 valence electrons. The van der Waals surface area contributed by atoms with Gasteiger partial charge in [0.05, 0.1) is 5.56 Å². The highest BCUT2D eigenvalue weighted by molar-refractivity contribution is 9.10. The SMILES string of the molecule is Cc1cc(-c2cc(Br)ccc2OCc2cccc(C(F)(F)F)c2)c(C#N)c(=O)[nH]1. The van der Waals surface area contributed by atoms with Gasteiger partial charge in [-0.3, -0.25) is 4.79 Å². The predicted molar refractivity (Wildman–Crippen MR) is 105 cm³/mol. The summed E-state index contributed by atoms with van der Waals surface area (Å²) < 4.78 is 45.2. The quantitative estimate of drug-likeness (QED) is 0.549. The van der Waals surface area contributed by atoms with E-state index in [9.17, 15) is 23.2 Å². The predicted octanol–water partition coefficient (Wildman–Crippen LogP) is 5.58. The van der Waals surface area contributed by atoms with Gasteiger partial charge in [0.15, 0.2) is 0 Å². The Hall–Kier alpha value is -3.05. The van der Waals surface area contributed by atoms with Crippen LogP contribution in [0.5, 0.6) is 5.75 Å². The fourth-order valence-electron chi connectivity index (χ4n) is 2.85. The maximum absolute atomic E-state index is 12.9. The number of hydrogen-bond acceptors (Lipinski definition) is 3. The third-order valence-electron chi connectivity index (χ3n) is 4.16. The van der Waals surface area contributed by atoms with Crippen LogP contribution < -0.4 is 10.3 Å². The Morgan fingerprint density at radius 2 is 1.90 bits per heavy atom. The second-order valence-corrected chi connectivity index (χ2v) is 7.22. The molecule has 0 radical (unpaired) electrons. The summed E-state index contributed by atoms with van der Waals surface area (Å²) in [5.74, 6) is 0.340. The lowest BCUT2D eigenvalue weighted by Crippen LogP contribution is -2.13. The largest absolute Gasteiger partial charge is 0.488 e. The molecule has 0 amide bonds. The molecule has 0 spiro atoms. The van der Waals surface area contributed by atoms with Gasteiger partial charge in [0, 0.05) is 21.3 Å². The summed E-state index contributed by atoms with van der Waals surface area (Å²) in [6, 6.07) is 13.4. The first-order valence-electron chi connectivity index (χ1n) is 8.42. The smallest absolute Gasteiger partial charge is 0.416 e. The topological polar surface area (TPSA) is 65.9 Å². The van der Waals surface area contributed by atoms with Crippen LogP contribution in [0.4, 0.5) is 13.2 Å². The molecule has 0 aliphatic carbocycles. The lowest BCUT2D eigenvalue weighted by atomic mass is 10.00. The Balaban J connectivity index is 2.00. The van der Waals surface area contributed by atoms with Gasteiger partial charge < -0.3 is 9.72 Å². The molecule has 1 aromatic heterocycles. The van der Waals surface area contributed by atoms with E-state index in [-0.39, 0.29) is 12.2 Å². The van der Waals surface area contributed by atoms with Crippen LogP contribution >= 0.6 is 15.9 Å². The van der Waals surface area contributed by atoms with Crippen LogP contribution in [0.1, 0.15) is 22.4 Å². The standard InChI is InChI=1S/C21H14BrF3N2O2/c1-12-7-16(18(10-26)20(28)27-12)17-9-15(22)5-6-19(17)29-11-13-3-2-4-14(8-13)21(23,24)25/h2-9H,11H2,1H3,(H,27,28). The van der Waals surface area contributed by atoms with Crippen molar-refractivity contribution >= 4 is 15.9 Å². The number of H-pyrrole nitrogens is 1. The van der Waals surface area contributed by atoms with Crippen molar-refractivity contribution in [2.75, 3.05) is 0 Å². The lowest BCUT2D eigenvalue weighted by Gasteiger charge is -2.14. The fourth-order valence-corrected chi connectivity index (χ4v) is 3.21. The number of aryl methyl sites for hydroxylation is 1. The maximum atomic E-state index is 12.9. The van der Waals surface area contributed by atoms with Gasteiger partial charge in [0.2, 0.25) is 0 Å². The first kappa shape index (κ1) is 20.7. The van der Waals surface area contributed by atoms with Crippen molar-refractivity contribution in [3.05, 3.63) is 85.7 Å². The molecule has 1 N–H and O–H groups in total. The molecule has 4 nitrogen and oxygen atoms in total. The van der Waals surface area contributed by atoms with Gasteiger partial charge in [0.25, 0.3) is 5.56 Å². The number of pyridine rings is 1. The molecule has 0 unspecified atom stereocenters. The van der Waals surface area contributed by atoms with Gasteiger partial charge in [-0.1, -0.05) is 28.1 Å². The average Bonchev–Trinajstić information content (AvgIpc) is 2.66. The van der Waals surface area contributed by atoms with Crippen molar-refractivity contribution in [1.82, 2.24) is 4.98 Å². The minimum Gasteiger partial charge on any atom is -0.488 e. The summed E-state index contributed by atoms with van der Waals surface area (Å²) in [7, 11) is 0. The highest BCUT2D eigenvalue weighted by Gasteiger charge is 2.30. The van der Waals surface area contributed by atoms with Crippen molar-refractivity contribution in [2.24, 2.45) is 0 Å². The summed E-state index contributed by atoms with van der Waals surface area (Å²) in [5, 5.41) is 9.40. The number of benzene rings is 2. The molecule has 0 aliphatic heterocycles.